The van der Waals surface area contributed by atoms with Crippen LogP contribution >= 0.6 is 11.3 Å². The fourth-order valence-electron chi connectivity index (χ4n) is 2.65. The monoisotopic (exact) mass is 385 g/mol. The Morgan fingerprint density at radius 2 is 2.15 bits per heavy atom. The van der Waals surface area contributed by atoms with Gasteiger partial charge in [0, 0.05) is 19.6 Å². The Morgan fingerprint density at radius 1 is 1.54 bits per heavy atom. The Morgan fingerprint density at radius 3 is 2.65 bits per heavy atom. The first-order valence-corrected chi connectivity index (χ1v) is 9.60. The third kappa shape index (κ3) is 5.48. The summed E-state index contributed by atoms with van der Waals surface area (Å²) >= 11 is 1.33. The molecule has 0 aliphatic carbocycles. The maximum atomic E-state index is 12.3. The van der Waals surface area contributed by atoms with Crippen LogP contribution in [0, 0.1) is 0 Å². The molecular formula is C17H31N5O3S. The van der Waals surface area contributed by atoms with Crippen molar-refractivity contribution in [1.82, 2.24) is 9.88 Å². The predicted octanol–water partition coefficient (Wildman–Crippen LogP) is 3.10. The molecular weight excluding hydrogens is 354 g/mol. The summed E-state index contributed by atoms with van der Waals surface area (Å²) in [7, 11) is 1.91. The van der Waals surface area contributed by atoms with Gasteiger partial charge in [-0.2, -0.15) is 0 Å². The molecule has 2 heterocycles. The highest BCUT2D eigenvalue weighted by atomic mass is 32.1. The van der Waals surface area contributed by atoms with Gasteiger partial charge in [-0.3, -0.25) is 0 Å². The number of hydrogen-bond acceptors (Lipinski definition) is 7. The zero-order valence-electron chi connectivity index (χ0n) is 16.7. The number of likely N-dealkylation sites (N-methyl/N-ethyl adjacent to an activating group) is 1. The van der Waals surface area contributed by atoms with Crippen LogP contribution in [0.1, 0.15) is 52.8 Å². The van der Waals surface area contributed by atoms with Gasteiger partial charge in [0.2, 0.25) is 0 Å². The van der Waals surface area contributed by atoms with Crippen LogP contribution in [0.2, 0.25) is 0 Å². The van der Waals surface area contributed by atoms with E-state index in [-0.39, 0.29) is 24.0 Å². The van der Waals surface area contributed by atoms with E-state index in [0.717, 1.165) is 11.6 Å². The van der Waals surface area contributed by atoms with Crippen LogP contribution in [0.15, 0.2) is 11.4 Å². The first-order valence-electron chi connectivity index (χ1n) is 8.78. The molecule has 1 saturated heterocycles. The summed E-state index contributed by atoms with van der Waals surface area (Å²) in [5.41, 5.74) is 5.06. The summed E-state index contributed by atoms with van der Waals surface area (Å²) in [5, 5.41) is 12.4. The molecule has 0 saturated carbocycles. The molecule has 9 heteroatoms. The molecule has 2 rings (SSSR count). The van der Waals surface area contributed by atoms with E-state index in [4.69, 9.17) is 15.7 Å². The van der Waals surface area contributed by atoms with Gasteiger partial charge < -0.3 is 25.5 Å². The number of nitrogens with two attached hydrogens (primary N) is 1. The first-order chi connectivity index (χ1) is 12.1. The van der Waals surface area contributed by atoms with Crippen molar-refractivity contribution in [3.8, 4) is 0 Å². The zero-order chi connectivity index (χ0) is 20.1. The van der Waals surface area contributed by atoms with Gasteiger partial charge in [-0.1, -0.05) is 30.3 Å². The van der Waals surface area contributed by atoms with Gasteiger partial charge in [0.05, 0.1) is 17.1 Å². The smallest absolute Gasteiger partial charge is 0.410 e. The van der Waals surface area contributed by atoms with Crippen LogP contribution in [-0.4, -0.2) is 58.3 Å². The molecule has 0 bridgehead atoms. The highest BCUT2D eigenvalue weighted by Gasteiger charge is 2.41. The van der Waals surface area contributed by atoms with Gasteiger partial charge in [0.15, 0.2) is 11.0 Å². The summed E-state index contributed by atoms with van der Waals surface area (Å²) in [6.45, 7) is 12.2. The lowest BCUT2D eigenvalue weighted by Gasteiger charge is -2.48. The van der Waals surface area contributed by atoms with E-state index in [9.17, 15) is 4.79 Å². The summed E-state index contributed by atoms with van der Waals surface area (Å²) in [6, 6.07) is 0.248. The molecule has 0 spiro atoms. The van der Waals surface area contributed by atoms with Crippen molar-refractivity contribution in [2.75, 3.05) is 18.5 Å². The number of ether oxygens (including phenoxy) is 1. The summed E-state index contributed by atoms with van der Waals surface area (Å²) in [6.07, 6.45) is 2.21. The van der Waals surface area contributed by atoms with Crippen molar-refractivity contribution in [2.45, 2.75) is 65.6 Å². The number of thiazole rings is 1. The van der Waals surface area contributed by atoms with Crippen molar-refractivity contribution in [3.63, 3.8) is 0 Å². The van der Waals surface area contributed by atoms with E-state index < -0.39 is 5.60 Å². The number of carbonyl (C=O) groups excluding carboxylic acids is 1. The van der Waals surface area contributed by atoms with Gasteiger partial charge in [0.1, 0.15) is 5.60 Å². The van der Waals surface area contributed by atoms with Gasteiger partial charge in [-0.25, -0.2) is 9.78 Å². The summed E-state index contributed by atoms with van der Waals surface area (Å²) in [4.78, 5) is 21.0. The Bertz CT molecular complexity index is 626. The van der Waals surface area contributed by atoms with Crippen molar-refractivity contribution in [3.05, 3.63) is 11.1 Å². The van der Waals surface area contributed by atoms with Crippen molar-refractivity contribution in [2.24, 2.45) is 10.9 Å². The summed E-state index contributed by atoms with van der Waals surface area (Å²) < 4.78 is 5.48. The molecule has 1 fully saturated rings. The predicted molar refractivity (Wildman–Crippen MR) is 105 cm³/mol. The molecule has 3 N–H and O–H groups in total. The molecule has 1 amide bonds. The van der Waals surface area contributed by atoms with Crippen LogP contribution in [0.5, 0.6) is 0 Å². The van der Waals surface area contributed by atoms with Gasteiger partial charge in [-0.15, -0.1) is 0 Å². The Labute approximate surface area is 159 Å². The lowest BCUT2D eigenvalue weighted by Crippen LogP contribution is -2.61. The molecule has 1 aliphatic rings. The average Bonchev–Trinajstić information content (AvgIpc) is 3.03. The van der Waals surface area contributed by atoms with E-state index in [1.807, 2.05) is 53.5 Å². The van der Waals surface area contributed by atoms with E-state index in [0.29, 0.717) is 11.4 Å². The second-order valence-corrected chi connectivity index (χ2v) is 8.01. The number of amidine groups is 1. The Hall–Kier alpha value is -2.03. The Kier molecular flexibility index (Phi) is 7.68. The second kappa shape index (κ2) is 9.07. The minimum Gasteiger partial charge on any atom is -0.444 e. The van der Waals surface area contributed by atoms with Crippen molar-refractivity contribution < 1.29 is 14.7 Å². The minimum atomic E-state index is -0.506. The number of nitrogens with zero attached hydrogens (tertiary/aromatic N) is 4. The average molecular weight is 386 g/mol. The third-order valence-electron chi connectivity index (χ3n) is 3.75. The molecule has 2 atom stereocenters. The standard InChI is InChI=1S/C15H25N5O3S.C2H6/c1-9-6-10(20(9)14(21)23-15(2,3)4)8-19(5)13-17-7-11(24-13)12(16)18-22;1-2/h7,9-10,22H,6,8H2,1-5H3,(H2,16,18);1-2H3. The van der Waals surface area contributed by atoms with Crippen LogP contribution < -0.4 is 10.6 Å². The molecule has 0 radical (unpaired) electrons. The molecule has 0 aromatic carbocycles. The maximum absolute atomic E-state index is 12.3. The van der Waals surface area contributed by atoms with Gasteiger partial charge in [-0.05, 0) is 34.1 Å². The number of anilines is 1. The number of likely N-dealkylation sites (tertiary alicyclic amines) is 1. The first kappa shape index (κ1) is 22.0. The topological polar surface area (TPSA) is 104 Å². The fraction of sp³-hybridized carbons (Fsp3) is 0.706. The maximum Gasteiger partial charge on any atom is 0.410 e. The SMILES string of the molecule is CC.CC1CC(CN(C)c2ncc(/C(N)=N/O)s2)N1C(=O)OC(C)(C)C. The normalized spacial score (nSPS) is 20.0. The van der Waals surface area contributed by atoms with E-state index in [1.165, 1.54) is 11.3 Å². The van der Waals surface area contributed by atoms with E-state index in [2.05, 4.69) is 10.1 Å². The zero-order valence-corrected chi connectivity index (χ0v) is 17.5. The largest absolute Gasteiger partial charge is 0.444 e. The molecule has 8 nitrogen and oxygen atoms in total. The van der Waals surface area contributed by atoms with Crippen LogP contribution in [0.4, 0.5) is 9.93 Å². The fourth-order valence-corrected chi connectivity index (χ4v) is 3.44. The number of rotatable bonds is 4. The number of aromatic nitrogens is 1. The minimum absolute atomic E-state index is 0.0415. The number of amides is 1. The van der Waals surface area contributed by atoms with Gasteiger partial charge in [0.25, 0.3) is 0 Å². The van der Waals surface area contributed by atoms with Crippen LogP contribution in [0.3, 0.4) is 0 Å². The molecule has 148 valence electrons. The number of carbonyl (C=O) groups is 1. The molecule has 1 aliphatic heterocycles. The number of hydrogen-bond donors (Lipinski definition) is 2. The quantitative estimate of drug-likeness (QED) is 0.357. The van der Waals surface area contributed by atoms with Gasteiger partial charge >= 0.3 is 6.09 Å². The highest BCUT2D eigenvalue weighted by Crippen LogP contribution is 2.30. The van der Waals surface area contributed by atoms with E-state index >= 15 is 0 Å². The lowest BCUT2D eigenvalue weighted by molar-refractivity contribution is -0.0246. The van der Waals surface area contributed by atoms with Crippen molar-refractivity contribution in [1.29, 1.82) is 0 Å². The molecule has 26 heavy (non-hydrogen) atoms. The molecule has 2 unspecified atom stereocenters. The Balaban J connectivity index is 0.00000163. The third-order valence-corrected chi connectivity index (χ3v) is 4.88. The van der Waals surface area contributed by atoms with Crippen LogP contribution in [-0.2, 0) is 4.74 Å². The molecule has 1 aromatic rings. The summed E-state index contributed by atoms with van der Waals surface area (Å²) in [5.74, 6) is 0.0415. The highest BCUT2D eigenvalue weighted by molar-refractivity contribution is 7.17. The van der Waals surface area contributed by atoms with Crippen molar-refractivity contribution >= 4 is 28.4 Å². The lowest BCUT2D eigenvalue weighted by atomic mass is 9.94. The molecule has 1 aromatic heterocycles. The number of oxime groups is 1. The van der Waals surface area contributed by atoms with E-state index in [1.54, 1.807) is 11.1 Å². The second-order valence-electron chi connectivity index (χ2n) is 7.00. The van der Waals surface area contributed by atoms with Crippen LogP contribution in [0.25, 0.3) is 0 Å².